The molecule has 1 atom stereocenters. The number of benzene rings is 2. The molecule has 2 heterocycles. The van der Waals surface area contributed by atoms with Crippen LogP contribution in [-0.4, -0.2) is 48.7 Å². The Morgan fingerprint density at radius 2 is 1.97 bits per heavy atom. The van der Waals surface area contributed by atoms with Crippen molar-refractivity contribution in [3.8, 4) is 11.5 Å². The number of carbonyl (C=O) groups is 1. The van der Waals surface area contributed by atoms with E-state index in [0.717, 1.165) is 43.6 Å². The summed E-state index contributed by atoms with van der Waals surface area (Å²) in [6, 6.07) is 9.96. The van der Waals surface area contributed by atoms with Gasteiger partial charge in [0, 0.05) is 35.4 Å². The third kappa shape index (κ3) is 5.53. The maximum Gasteiger partial charge on any atom is 0.170 e. The number of ether oxygens (including phenoxy) is 2. The molecular weight excluding hydrogens is 423 g/mol. The number of fused-ring (bicyclic) bond motifs is 1. The molecule has 4 rings (SSSR count). The molecular formula is C26H31FN2O4. The van der Waals surface area contributed by atoms with E-state index in [9.17, 15) is 9.18 Å². The van der Waals surface area contributed by atoms with Gasteiger partial charge in [0.05, 0.1) is 18.9 Å². The lowest BCUT2D eigenvalue weighted by Gasteiger charge is -2.32. The molecule has 176 valence electrons. The van der Waals surface area contributed by atoms with Crippen LogP contribution in [0.1, 0.15) is 55.6 Å². The van der Waals surface area contributed by atoms with Crippen LogP contribution in [0.3, 0.4) is 0 Å². The van der Waals surface area contributed by atoms with Crippen molar-refractivity contribution in [2.24, 2.45) is 5.92 Å². The smallest absolute Gasteiger partial charge is 0.170 e. The molecule has 1 unspecified atom stereocenters. The number of nitrogens with zero attached hydrogens (tertiary/aromatic N) is 2. The minimum Gasteiger partial charge on any atom is -0.490 e. The first-order valence-electron chi connectivity index (χ1n) is 11.6. The van der Waals surface area contributed by atoms with Gasteiger partial charge in [0.1, 0.15) is 5.82 Å². The number of aromatic nitrogens is 1. The second-order valence-corrected chi connectivity index (χ2v) is 8.85. The highest BCUT2D eigenvalue weighted by atomic mass is 19.1. The van der Waals surface area contributed by atoms with Gasteiger partial charge in [-0.15, -0.1) is 0 Å². The van der Waals surface area contributed by atoms with E-state index in [0.29, 0.717) is 47.7 Å². The van der Waals surface area contributed by atoms with Crippen molar-refractivity contribution >= 4 is 16.8 Å². The molecule has 3 aromatic rings. The molecule has 0 amide bonds. The molecule has 1 saturated heterocycles. The van der Waals surface area contributed by atoms with Crippen molar-refractivity contribution in [3.05, 3.63) is 53.5 Å². The van der Waals surface area contributed by atoms with Crippen LogP contribution >= 0.6 is 0 Å². The minimum atomic E-state index is -0.306. The van der Waals surface area contributed by atoms with Crippen LogP contribution < -0.4 is 9.47 Å². The minimum absolute atomic E-state index is 0.00468. The van der Waals surface area contributed by atoms with E-state index >= 15 is 0 Å². The number of piperidine rings is 1. The molecule has 6 nitrogen and oxygen atoms in total. The SMILES string of the molecule is CCOc1cc(C(C)=O)ccc1OCC(C)CN1CCC(c2noc3cc(F)ccc23)CC1. The van der Waals surface area contributed by atoms with Crippen molar-refractivity contribution in [1.29, 1.82) is 0 Å². The number of likely N-dealkylation sites (tertiary alicyclic amines) is 1. The lowest BCUT2D eigenvalue weighted by Crippen LogP contribution is -2.37. The molecule has 33 heavy (non-hydrogen) atoms. The topological polar surface area (TPSA) is 64.8 Å². The maximum atomic E-state index is 13.4. The first-order chi connectivity index (χ1) is 15.9. The van der Waals surface area contributed by atoms with Crippen LogP contribution in [0.25, 0.3) is 11.0 Å². The van der Waals surface area contributed by atoms with Gasteiger partial charge in [-0.1, -0.05) is 12.1 Å². The molecule has 2 aromatic carbocycles. The third-order valence-corrected chi connectivity index (χ3v) is 6.18. The van der Waals surface area contributed by atoms with Crippen molar-refractivity contribution in [2.45, 2.75) is 39.5 Å². The molecule has 0 spiro atoms. The molecule has 1 aliphatic rings. The summed E-state index contributed by atoms with van der Waals surface area (Å²) in [6.07, 6.45) is 1.99. The Balaban J connectivity index is 1.29. The molecule has 0 N–H and O–H groups in total. The van der Waals surface area contributed by atoms with Crippen molar-refractivity contribution in [2.75, 3.05) is 32.8 Å². The van der Waals surface area contributed by atoms with Gasteiger partial charge in [0.2, 0.25) is 0 Å². The van der Waals surface area contributed by atoms with E-state index < -0.39 is 0 Å². The second-order valence-electron chi connectivity index (χ2n) is 8.85. The molecule has 1 aliphatic heterocycles. The highest BCUT2D eigenvalue weighted by Gasteiger charge is 2.26. The average molecular weight is 455 g/mol. The van der Waals surface area contributed by atoms with E-state index in [2.05, 4.69) is 17.0 Å². The van der Waals surface area contributed by atoms with Crippen LogP contribution in [0.2, 0.25) is 0 Å². The highest BCUT2D eigenvalue weighted by molar-refractivity contribution is 5.94. The second kappa shape index (κ2) is 10.3. The Labute approximate surface area is 193 Å². The Bertz CT molecular complexity index is 1100. The zero-order chi connectivity index (χ0) is 23.4. The molecule has 1 aromatic heterocycles. The zero-order valence-corrected chi connectivity index (χ0v) is 19.5. The normalized spacial score (nSPS) is 16.1. The number of Topliss-reactive ketones (excluding diaryl/α,β-unsaturated/α-hetero) is 1. The van der Waals surface area contributed by atoms with E-state index in [1.54, 1.807) is 25.1 Å². The summed E-state index contributed by atoms with van der Waals surface area (Å²) in [5, 5.41) is 5.15. The van der Waals surface area contributed by atoms with Gasteiger partial charge >= 0.3 is 0 Å². The van der Waals surface area contributed by atoms with Gasteiger partial charge in [-0.25, -0.2) is 4.39 Å². The fourth-order valence-electron chi connectivity index (χ4n) is 4.45. The summed E-state index contributed by atoms with van der Waals surface area (Å²) < 4.78 is 30.5. The van der Waals surface area contributed by atoms with Gasteiger partial charge in [-0.3, -0.25) is 4.79 Å². The lowest BCUT2D eigenvalue weighted by atomic mass is 9.91. The summed E-state index contributed by atoms with van der Waals surface area (Å²) in [4.78, 5) is 14.1. The fourth-order valence-corrected chi connectivity index (χ4v) is 4.45. The molecule has 0 saturated carbocycles. The number of rotatable bonds is 9. The van der Waals surface area contributed by atoms with Crippen molar-refractivity contribution in [3.63, 3.8) is 0 Å². The number of ketones is 1. The molecule has 0 aliphatic carbocycles. The van der Waals surface area contributed by atoms with Gasteiger partial charge in [-0.2, -0.15) is 0 Å². The Hall–Kier alpha value is -2.93. The van der Waals surface area contributed by atoms with E-state index in [-0.39, 0.29) is 11.6 Å². The zero-order valence-electron chi connectivity index (χ0n) is 19.5. The van der Waals surface area contributed by atoms with Gasteiger partial charge in [0.25, 0.3) is 0 Å². The summed E-state index contributed by atoms with van der Waals surface area (Å²) in [6.45, 7) is 9.60. The van der Waals surface area contributed by atoms with Gasteiger partial charge in [0.15, 0.2) is 22.9 Å². The molecule has 1 fully saturated rings. The largest absolute Gasteiger partial charge is 0.490 e. The summed E-state index contributed by atoms with van der Waals surface area (Å²) in [7, 11) is 0. The predicted molar refractivity (Wildman–Crippen MR) is 125 cm³/mol. The van der Waals surface area contributed by atoms with Crippen LogP contribution in [0.4, 0.5) is 4.39 Å². The Kier molecular flexibility index (Phi) is 7.28. The van der Waals surface area contributed by atoms with Crippen LogP contribution in [0, 0.1) is 11.7 Å². The quantitative estimate of drug-likeness (QED) is 0.400. The number of halogens is 1. The van der Waals surface area contributed by atoms with Gasteiger partial charge in [-0.05, 0) is 70.1 Å². The van der Waals surface area contributed by atoms with E-state index in [4.69, 9.17) is 14.0 Å². The number of hydrogen-bond acceptors (Lipinski definition) is 6. The molecule has 7 heteroatoms. The first kappa shape index (κ1) is 23.2. The lowest BCUT2D eigenvalue weighted by molar-refractivity contribution is 0.101. The van der Waals surface area contributed by atoms with Crippen molar-refractivity contribution < 1.29 is 23.2 Å². The number of carbonyl (C=O) groups excluding carboxylic acids is 1. The monoisotopic (exact) mass is 454 g/mol. The highest BCUT2D eigenvalue weighted by Crippen LogP contribution is 2.33. The van der Waals surface area contributed by atoms with E-state index in [1.807, 2.05) is 13.0 Å². The maximum absolute atomic E-state index is 13.4. The summed E-state index contributed by atoms with van der Waals surface area (Å²) in [5.74, 6) is 1.64. The molecule has 0 radical (unpaired) electrons. The van der Waals surface area contributed by atoms with Crippen LogP contribution in [0.15, 0.2) is 40.9 Å². The van der Waals surface area contributed by atoms with Crippen LogP contribution in [0.5, 0.6) is 11.5 Å². The van der Waals surface area contributed by atoms with Crippen LogP contribution in [-0.2, 0) is 0 Å². The average Bonchev–Trinajstić information content (AvgIpc) is 3.22. The fraction of sp³-hybridized carbons (Fsp3) is 0.462. The predicted octanol–water partition coefficient (Wildman–Crippen LogP) is 5.46. The van der Waals surface area contributed by atoms with Crippen molar-refractivity contribution in [1.82, 2.24) is 10.1 Å². The Morgan fingerprint density at radius 3 is 2.70 bits per heavy atom. The Morgan fingerprint density at radius 1 is 1.18 bits per heavy atom. The standard InChI is InChI=1S/C26H31FN2O4/c1-4-31-25-13-20(18(3)30)5-8-23(25)32-16-17(2)15-29-11-9-19(10-12-29)26-22-7-6-21(27)14-24(22)33-28-26/h5-8,13-14,17,19H,4,9-12,15-16H2,1-3H3. The third-order valence-electron chi connectivity index (χ3n) is 6.18. The molecule has 0 bridgehead atoms. The number of hydrogen-bond donors (Lipinski definition) is 0. The first-order valence-corrected chi connectivity index (χ1v) is 11.6. The van der Waals surface area contributed by atoms with Gasteiger partial charge < -0.3 is 18.9 Å². The summed E-state index contributed by atoms with van der Waals surface area (Å²) in [5.41, 5.74) is 2.08. The summed E-state index contributed by atoms with van der Waals surface area (Å²) >= 11 is 0. The van der Waals surface area contributed by atoms with E-state index in [1.165, 1.54) is 12.1 Å².